The van der Waals surface area contributed by atoms with Gasteiger partial charge in [0.15, 0.2) is 5.13 Å². The van der Waals surface area contributed by atoms with E-state index in [4.69, 9.17) is 0 Å². The van der Waals surface area contributed by atoms with Crippen molar-refractivity contribution in [1.29, 1.82) is 0 Å². The van der Waals surface area contributed by atoms with Gasteiger partial charge in [-0.2, -0.15) is 4.31 Å². The highest BCUT2D eigenvalue weighted by Gasteiger charge is 2.26. The molecule has 1 N–H and O–H groups in total. The van der Waals surface area contributed by atoms with Crippen molar-refractivity contribution in [2.75, 3.05) is 36.4 Å². The molecule has 0 aliphatic carbocycles. The largest absolute Gasteiger partial charge is 0.372 e. The molecule has 9 heteroatoms. The zero-order valence-corrected chi connectivity index (χ0v) is 20.0. The minimum absolute atomic E-state index is 0.240. The number of carbonyl (C=O) groups excluding carboxylic acids is 1. The molecule has 1 aliphatic heterocycles. The molecule has 32 heavy (non-hydrogen) atoms. The molecule has 170 valence electrons. The van der Waals surface area contributed by atoms with Crippen LogP contribution in [0.15, 0.2) is 47.4 Å². The Morgan fingerprint density at radius 2 is 1.75 bits per heavy atom. The van der Waals surface area contributed by atoms with Gasteiger partial charge in [-0.25, -0.2) is 13.4 Å². The van der Waals surface area contributed by atoms with Crippen molar-refractivity contribution in [2.45, 2.75) is 38.0 Å². The number of fused-ring (bicyclic) bond motifs is 1. The first-order valence-corrected chi connectivity index (χ1v) is 13.2. The van der Waals surface area contributed by atoms with Crippen LogP contribution in [0, 0.1) is 0 Å². The second-order valence-electron chi connectivity index (χ2n) is 7.79. The predicted octanol–water partition coefficient (Wildman–Crippen LogP) is 4.57. The van der Waals surface area contributed by atoms with E-state index < -0.39 is 10.0 Å². The first-order valence-electron chi connectivity index (χ1n) is 11.0. The van der Waals surface area contributed by atoms with E-state index in [1.807, 2.05) is 12.1 Å². The van der Waals surface area contributed by atoms with Crippen LogP contribution in [0.1, 0.15) is 43.5 Å². The molecular formula is C23H28N4O3S2. The van der Waals surface area contributed by atoms with Crippen LogP contribution in [0.4, 0.5) is 10.8 Å². The Morgan fingerprint density at radius 1 is 1.06 bits per heavy atom. The Kier molecular flexibility index (Phi) is 6.78. The zero-order chi connectivity index (χ0) is 22.7. The van der Waals surface area contributed by atoms with Crippen LogP contribution in [0.5, 0.6) is 0 Å². The molecule has 2 aromatic carbocycles. The third-order valence-electron chi connectivity index (χ3n) is 5.79. The molecule has 3 aromatic rings. The van der Waals surface area contributed by atoms with E-state index >= 15 is 0 Å². The molecule has 0 spiro atoms. The van der Waals surface area contributed by atoms with E-state index in [-0.39, 0.29) is 10.8 Å². The highest BCUT2D eigenvalue weighted by molar-refractivity contribution is 7.89. The van der Waals surface area contributed by atoms with Gasteiger partial charge in [0.25, 0.3) is 5.91 Å². The maximum Gasteiger partial charge on any atom is 0.257 e. The molecule has 0 radical (unpaired) electrons. The average Bonchev–Trinajstić information content (AvgIpc) is 3.22. The topological polar surface area (TPSA) is 82.6 Å². The highest BCUT2D eigenvalue weighted by Crippen LogP contribution is 2.30. The van der Waals surface area contributed by atoms with E-state index in [2.05, 4.69) is 29.0 Å². The lowest BCUT2D eigenvalue weighted by molar-refractivity contribution is 0.102. The van der Waals surface area contributed by atoms with Gasteiger partial charge in [-0.05, 0) is 69.2 Å². The van der Waals surface area contributed by atoms with Gasteiger partial charge in [0.2, 0.25) is 10.0 Å². The first-order chi connectivity index (χ1) is 15.4. The maximum absolute atomic E-state index is 13.0. The molecule has 4 rings (SSSR count). The van der Waals surface area contributed by atoms with Gasteiger partial charge in [-0.15, -0.1) is 0 Å². The van der Waals surface area contributed by atoms with E-state index in [1.165, 1.54) is 11.3 Å². The van der Waals surface area contributed by atoms with Gasteiger partial charge in [0.05, 0.1) is 15.1 Å². The minimum Gasteiger partial charge on any atom is -0.372 e. The second-order valence-corrected chi connectivity index (χ2v) is 10.8. The fourth-order valence-corrected chi connectivity index (χ4v) is 6.47. The molecule has 0 atom stereocenters. The van der Waals surface area contributed by atoms with Crippen molar-refractivity contribution in [3.63, 3.8) is 0 Å². The summed E-state index contributed by atoms with van der Waals surface area (Å²) in [5, 5.41) is 3.29. The number of thiazole rings is 1. The van der Waals surface area contributed by atoms with E-state index in [0.29, 0.717) is 29.3 Å². The quantitative estimate of drug-likeness (QED) is 0.545. The lowest BCUT2D eigenvalue weighted by atomic mass is 10.2. The SMILES string of the molecule is CCN(CC)c1ccc(C(=O)Nc2nc3ccc(S(=O)(=O)N4CCCCC4)cc3s2)cc1. The van der Waals surface area contributed by atoms with Crippen LogP contribution in [-0.4, -0.2) is 49.8 Å². The van der Waals surface area contributed by atoms with Gasteiger partial charge >= 0.3 is 0 Å². The Bertz CT molecular complexity index is 1200. The molecule has 1 saturated heterocycles. The van der Waals surface area contributed by atoms with Gasteiger partial charge in [0.1, 0.15) is 0 Å². The normalized spacial score (nSPS) is 15.1. The van der Waals surface area contributed by atoms with Crippen molar-refractivity contribution in [3.05, 3.63) is 48.0 Å². The third-order valence-corrected chi connectivity index (χ3v) is 8.62. The van der Waals surface area contributed by atoms with Gasteiger partial charge < -0.3 is 4.90 Å². The summed E-state index contributed by atoms with van der Waals surface area (Å²) < 4.78 is 28.2. The smallest absolute Gasteiger partial charge is 0.257 e. The molecule has 7 nitrogen and oxygen atoms in total. The average molecular weight is 473 g/mol. The number of carbonyl (C=O) groups is 1. The van der Waals surface area contributed by atoms with E-state index in [1.54, 1.807) is 34.6 Å². The number of benzene rings is 2. The Balaban J connectivity index is 1.51. The van der Waals surface area contributed by atoms with Crippen molar-refractivity contribution < 1.29 is 13.2 Å². The van der Waals surface area contributed by atoms with E-state index in [9.17, 15) is 13.2 Å². The molecule has 1 aromatic heterocycles. The number of anilines is 2. The first kappa shape index (κ1) is 22.7. The molecule has 0 unspecified atom stereocenters. The van der Waals surface area contributed by atoms with Crippen molar-refractivity contribution in [1.82, 2.24) is 9.29 Å². The third kappa shape index (κ3) is 4.65. The second kappa shape index (κ2) is 9.56. The van der Waals surface area contributed by atoms with Crippen LogP contribution >= 0.6 is 11.3 Å². The van der Waals surface area contributed by atoms with Gasteiger partial charge in [-0.1, -0.05) is 17.8 Å². The molecule has 2 heterocycles. The lowest BCUT2D eigenvalue weighted by Crippen LogP contribution is -2.35. The summed E-state index contributed by atoms with van der Waals surface area (Å²) in [5.41, 5.74) is 2.29. The van der Waals surface area contributed by atoms with Crippen LogP contribution in [-0.2, 0) is 10.0 Å². The van der Waals surface area contributed by atoms with E-state index in [0.717, 1.165) is 42.7 Å². The summed E-state index contributed by atoms with van der Waals surface area (Å²) in [6.07, 6.45) is 2.86. The zero-order valence-electron chi connectivity index (χ0n) is 18.4. The molecule has 0 bridgehead atoms. The standard InChI is InChI=1S/C23H28N4O3S2/c1-3-26(4-2)18-10-8-17(9-11-18)22(28)25-23-24-20-13-12-19(16-21(20)31-23)32(29,30)27-14-6-5-7-15-27/h8-13,16H,3-7,14-15H2,1-2H3,(H,24,25,28). The minimum atomic E-state index is -3.51. The number of nitrogens with one attached hydrogen (secondary N) is 1. The summed E-state index contributed by atoms with van der Waals surface area (Å²) >= 11 is 1.28. The molecule has 1 aliphatic rings. The summed E-state index contributed by atoms with van der Waals surface area (Å²) in [6.45, 7) is 7.14. The highest BCUT2D eigenvalue weighted by atomic mass is 32.2. The summed E-state index contributed by atoms with van der Waals surface area (Å²) in [4.78, 5) is 19.6. The number of rotatable bonds is 7. The van der Waals surface area contributed by atoms with Crippen molar-refractivity contribution in [3.8, 4) is 0 Å². The number of nitrogens with zero attached hydrogens (tertiary/aromatic N) is 3. The fourth-order valence-electron chi connectivity index (χ4n) is 3.95. The molecule has 1 fully saturated rings. The summed E-state index contributed by atoms with van der Waals surface area (Å²) in [6, 6.07) is 12.5. The number of hydrogen-bond donors (Lipinski definition) is 1. The monoisotopic (exact) mass is 472 g/mol. The molecule has 1 amide bonds. The lowest BCUT2D eigenvalue weighted by Gasteiger charge is -2.25. The summed E-state index contributed by atoms with van der Waals surface area (Å²) in [7, 11) is -3.51. The number of aromatic nitrogens is 1. The van der Waals surface area contributed by atoms with Crippen LogP contribution in [0.2, 0.25) is 0 Å². The number of hydrogen-bond acceptors (Lipinski definition) is 6. The Morgan fingerprint density at radius 3 is 2.41 bits per heavy atom. The molecular weight excluding hydrogens is 444 g/mol. The van der Waals surface area contributed by atoms with Gasteiger partial charge in [0, 0.05) is 37.4 Å². The Hall–Kier alpha value is -2.49. The number of sulfonamides is 1. The van der Waals surface area contributed by atoms with Gasteiger partial charge in [-0.3, -0.25) is 10.1 Å². The van der Waals surface area contributed by atoms with Crippen LogP contribution < -0.4 is 10.2 Å². The number of amides is 1. The molecule has 0 saturated carbocycles. The predicted molar refractivity (Wildman–Crippen MR) is 130 cm³/mol. The fraction of sp³-hybridized carbons (Fsp3) is 0.391. The summed E-state index contributed by atoms with van der Waals surface area (Å²) in [5.74, 6) is -0.240. The van der Waals surface area contributed by atoms with Crippen LogP contribution in [0.25, 0.3) is 10.2 Å². The van der Waals surface area contributed by atoms with Crippen LogP contribution in [0.3, 0.4) is 0 Å². The maximum atomic E-state index is 13.0. The van der Waals surface area contributed by atoms with Crippen molar-refractivity contribution in [2.24, 2.45) is 0 Å². The Labute approximate surface area is 193 Å². The van der Waals surface area contributed by atoms with Crippen molar-refractivity contribution >= 4 is 48.3 Å². The number of piperidine rings is 1.